The van der Waals surface area contributed by atoms with Crippen LogP contribution in [0.2, 0.25) is 5.02 Å². The minimum atomic E-state index is -0.0978. The Hall–Kier alpha value is -2.37. The fourth-order valence-electron chi connectivity index (χ4n) is 3.93. The molecule has 1 saturated heterocycles. The molecule has 4 rings (SSSR count). The number of nitrogens with zero attached hydrogens (tertiary/aromatic N) is 3. The van der Waals surface area contributed by atoms with Gasteiger partial charge >= 0.3 is 0 Å². The van der Waals surface area contributed by atoms with Crippen molar-refractivity contribution in [1.82, 2.24) is 14.5 Å². The molecule has 1 fully saturated rings. The standard InChI is InChI=1S/C23H26ClN3O2/c1-17-25-22-16-18(24)6-11-21(22)23(28)27(17)19-7-9-20(10-8-19)29-15-5-14-26-12-3-2-4-13-26/h6-11,16H,2-5,12-15H2,1H3. The molecular weight excluding hydrogens is 386 g/mol. The van der Waals surface area contributed by atoms with E-state index in [-0.39, 0.29) is 5.56 Å². The molecule has 0 bridgehead atoms. The number of likely N-dealkylation sites (tertiary alicyclic amines) is 1. The molecule has 0 spiro atoms. The normalized spacial score (nSPS) is 15.0. The van der Waals surface area contributed by atoms with Crippen molar-refractivity contribution in [2.24, 2.45) is 0 Å². The van der Waals surface area contributed by atoms with Gasteiger partial charge in [0.1, 0.15) is 11.6 Å². The summed E-state index contributed by atoms with van der Waals surface area (Å²) in [6.07, 6.45) is 5.02. The summed E-state index contributed by atoms with van der Waals surface area (Å²) in [5.74, 6) is 1.44. The van der Waals surface area contributed by atoms with Gasteiger partial charge < -0.3 is 9.64 Å². The zero-order chi connectivity index (χ0) is 20.2. The smallest absolute Gasteiger partial charge is 0.265 e. The molecule has 0 amide bonds. The van der Waals surface area contributed by atoms with Crippen molar-refractivity contribution < 1.29 is 4.74 Å². The maximum absolute atomic E-state index is 13.0. The number of hydrogen-bond acceptors (Lipinski definition) is 4. The Morgan fingerprint density at radius 3 is 2.59 bits per heavy atom. The lowest BCUT2D eigenvalue weighted by molar-refractivity contribution is 0.205. The predicted molar refractivity (Wildman–Crippen MR) is 117 cm³/mol. The van der Waals surface area contributed by atoms with Gasteiger partial charge in [-0.2, -0.15) is 0 Å². The summed E-state index contributed by atoms with van der Waals surface area (Å²) in [6.45, 7) is 6.06. The van der Waals surface area contributed by atoms with Crippen LogP contribution in [-0.4, -0.2) is 40.7 Å². The number of fused-ring (bicyclic) bond motifs is 1. The van der Waals surface area contributed by atoms with E-state index in [0.29, 0.717) is 28.4 Å². The van der Waals surface area contributed by atoms with E-state index in [4.69, 9.17) is 16.3 Å². The van der Waals surface area contributed by atoms with Gasteiger partial charge in [0, 0.05) is 11.6 Å². The van der Waals surface area contributed by atoms with Crippen LogP contribution in [0.5, 0.6) is 5.75 Å². The second-order valence-electron chi connectivity index (χ2n) is 7.56. The molecule has 0 N–H and O–H groups in total. The van der Waals surface area contributed by atoms with Gasteiger partial charge in [-0.1, -0.05) is 18.0 Å². The predicted octanol–water partition coefficient (Wildman–Crippen LogP) is 4.60. The first-order chi connectivity index (χ1) is 14.1. The van der Waals surface area contributed by atoms with Gasteiger partial charge in [0.25, 0.3) is 5.56 Å². The van der Waals surface area contributed by atoms with Crippen molar-refractivity contribution in [3.05, 3.63) is 63.7 Å². The Labute approximate surface area is 175 Å². The van der Waals surface area contributed by atoms with E-state index in [1.165, 1.54) is 32.4 Å². The molecule has 152 valence electrons. The van der Waals surface area contributed by atoms with Crippen LogP contribution < -0.4 is 10.3 Å². The number of ether oxygens (including phenoxy) is 1. The number of hydrogen-bond donors (Lipinski definition) is 0. The average Bonchev–Trinajstić information content (AvgIpc) is 2.73. The van der Waals surface area contributed by atoms with Crippen molar-refractivity contribution in [2.75, 3.05) is 26.2 Å². The monoisotopic (exact) mass is 411 g/mol. The van der Waals surface area contributed by atoms with E-state index in [2.05, 4.69) is 9.88 Å². The molecule has 0 saturated carbocycles. The van der Waals surface area contributed by atoms with E-state index in [1.807, 2.05) is 31.2 Å². The third-order valence-electron chi connectivity index (χ3n) is 5.43. The Balaban J connectivity index is 1.44. The lowest BCUT2D eigenvalue weighted by atomic mass is 10.1. The molecule has 3 aromatic rings. The lowest BCUT2D eigenvalue weighted by Crippen LogP contribution is -2.31. The van der Waals surface area contributed by atoms with Crippen molar-refractivity contribution in [1.29, 1.82) is 0 Å². The van der Waals surface area contributed by atoms with Crippen LogP contribution in [-0.2, 0) is 0 Å². The molecule has 29 heavy (non-hydrogen) atoms. The summed E-state index contributed by atoms with van der Waals surface area (Å²) in [6, 6.07) is 12.8. The first kappa shape index (κ1) is 19.9. The van der Waals surface area contributed by atoms with Gasteiger partial charge in [-0.15, -0.1) is 0 Å². The van der Waals surface area contributed by atoms with E-state index < -0.39 is 0 Å². The Morgan fingerprint density at radius 2 is 1.83 bits per heavy atom. The van der Waals surface area contributed by atoms with Gasteiger partial charge in [-0.3, -0.25) is 9.36 Å². The zero-order valence-electron chi connectivity index (χ0n) is 16.7. The second-order valence-corrected chi connectivity index (χ2v) is 8.00. The average molecular weight is 412 g/mol. The van der Waals surface area contributed by atoms with Gasteiger partial charge in [0.05, 0.1) is 23.2 Å². The Kier molecular flexibility index (Phi) is 6.16. The van der Waals surface area contributed by atoms with Crippen molar-refractivity contribution >= 4 is 22.5 Å². The molecule has 5 nitrogen and oxygen atoms in total. The van der Waals surface area contributed by atoms with Crippen LogP contribution in [0.15, 0.2) is 47.3 Å². The van der Waals surface area contributed by atoms with Crippen molar-refractivity contribution in [3.63, 3.8) is 0 Å². The van der Waals surface area contributed by atoms with Crippen LogP contribution in [0.25, 0.3) is 16.6 Å². The number of piperidine rings is 1. The summed E-state index contributed by atoms with van der Waals surface area (Å²) in [7, 11) is 0. The molecule has 0 atom stereocenters. The number of rotatable bonds is 6. The summed E-state index contributed by atoms with van der Waals surface area (Å²) >= 11 is 6.03. The molecule has 2 aromatic carbocycles. The van der Waals surface area contributed by atoms with E-state index in [0.717, 1.165) is 24.4 Å². The van der Waals surface area contributed by atoms with Crippen molar-refractivity contribution in [3.8, 4) is 11.4 Å². The first-order valence-electron chi connectivity index (χ1n) is 10.3. The second kappa shape index (κ2) is 8.97. The highest BCUT2D eigenvalue weighted by molar-refractivity contribution is 6.31. The lowest BCUT2D eigenvalue weighted by Gasteiger charge is -2.26. The highest BCUT2D eigenvalue weighted by Gasteiger charge is 2.11. The highest BCUT2D eigenvalue weighted by atomic mass is 35.5. The van der Waals surface area contributed by atoms with Gasteiger partial charge in [0.2, 0.25) is 0 Å². The number of benzene rings is 2. The minimum Gasteiger partial charge on any atom is -0.494 e. The summed E-state index contributed by atoms with van der Waals surface area (Å²) in [5, 5.41) is 1.13. The van der Waals surface area contributed by atoms with E-state index in [9.17, 15) is 4.79 Å². The fraction of sp³-hybridized carbons (Fsp3) is 0.391. The highest BCUT2D eigenvalue weighted by Crippen LogP contribution is 2.19. The molecule has 2 heterocycles. The third kappa shape index (κ3) is 4.62. The van der Waals surface area contributed by atoms with Crippen LogP contribution in [0.3, 0.4) is 0 Å². The summed E-state index contributed by atoms with van der Waals surface area (Å²) in [4.78, 5) is 20.0. The van der Waals surface area contributed by atoms with E-state index >= 15 is 0 Å². The first-order valence-corrected chi connectivity index (χ1v) is 10.6. The van der Waals surface area contributed by atoms with Gasteiger partial charge in [-0.25, -0.2) is 4.98 Å². The van der Waals surface area contributed by atoms with Gasteiger partial charge in [0.15, 0.2) is 0 Å². The van der Waals surface area contributed by atoms with Crippen molar-refractivity contribution in [2.45, 2.75) is 32.6 Å². The molecule has 1 aliphatic rings. The third-order valence-corrected chi connectivity index (χ3v) is 5.67. The topological polar surface area (TPSA) is 47.4 Å². The SMILES string of the molecule is Cc1nc2cc(Cl)ccc2c(=O)n1-c1ccc(OCCCN2CCCCC2)cc1. The maximum Gasteiger partial charge on any atom is 0.265 e. The van der Waals surface area contributed by atoms with Crippen LogP contribution in [0.4, 0.5) is 0 Å². The van der Waals surface area contributed by atoms with Crippen LogP contribution in [0, 0.1) is 6.92 Å². The number of aromatic nitrogens is 2. The molecule has 1 aromatic heterocycles. The maximum atomic E-state index is 13.0. The van der Waals surface area contributed by atoms with Crippen LogP contribution >= 0.6 is 11.6 Å². The quantitative estimate of drug-likeness (QED) is 0.556. The summed E-state index contributed by atoms with van der Waals surface area (Å²) < 4.78 is 7.51. The minimum absolute atomic E-state index is 0.0978. The Bertz CT molecular complexity index is 1040. The largest absolute Gasteiger partial charge is 0.494 e. The number of halogens is 1. The molecule has 6 heteroatoms. The fourth-order valence-corrected chi connectivity index (χ4v) is 4.09. The van der Waals surface area contributed by atoms with Gasteiger partial charge in [-0.05, 0) is 81.7 Å². The molecule has 0 unspecified atom stereocenters. The van der Waals surface area contributed by atoms with E-state index in [1.54, 1.807) is 22.8 Å². The molecule has 0 radical (unpaired) electrons. The van der Waals surface area contributed by atoms with Crippen LogP contribution in [0.1, 0.15) is 31.5 Å². The molecule has 0 aliphatic carbocycles. The summed E-state index contributed by atoms with van der Waals surface area (Å²) in [5.41, 5.74) is 1.29. The molecule has 1 aliphatic heterocycles. The zero-order valence-corrected chi connectivity index (χ0v) is 17.5. The Morgan fingerprint density at radius 1 is 1.07 bits per heavy atom. The number of aryl methyl sites for hydroxylation is 1. The molecular formula is C23H26ClN3O2.